The van der Waals surface area contributed by atoms with Crippen molar-refractivity contribution in [1.29, 1.82) is 0 Å². The minimum absolute atomic E-state index is 0.00760. The van der Waals surface area contributed by atoms with Gasteiger partial charge >= 0.3 is 0 Å². The van der Waals surface area contributed by atoms with E-state index in [1.165, 1.54) is 40.7 Å². The maximum absolute atomic E-state index is 12.9. The summed E-state index contributed by atoms with van der Waals surface area (Å²) in [7, 11) is -3.71. The van der Waals surface area contributed by atoms with Crippen molar-refractivity contribution < 1.29 is 27.9 Å². The average Bonchev–Trinajstić information content (AvgIpc) is 2.71. The molecular formula is C20H23N3O6S. The lowest BCUT2D eigenvalue weighted by molar-refractivity contribution is -0.0440. The third-order valence-electron chi connectivity index (χ3n) is 4.58. The molecule has 1 fully saturated rings. The number of sulfonamides is 1. The van der Waals surface area contributed by atoms with Gasteiger partial charge in [0.05, 0.1) is 22.7 Å². The zero-order valence-corrected chi connectivity index (χ0v) is 17.3. The number of phenolic OH excluding ortho intramolecular Hbond substituents is 1. The Morgan fingerprint density at radius 2 is 1.53 bits per heavy atom. The van der Waals surface area contributed by atoms with Crippen LogP contribution in [0.1, 0.15) is 34.6 Å². The third kappa shape index (κ3) is 4.78. The van der Waals surface area contributed by atoms with E-state index in [0.717, 1.165) is 0 Å². The van der Waals surface area contributed by atoms with Gasteiger partial charge in [0.2, 0.25) is 10.0 Å². The molecule has 2 aromatic rings. The number of para-hydroxylation sites is 1. The Hall–Kier alpha value is -2.95. The van der Waals surface area contributed by atoms with Gasteiger partial charge in [-0.05, 0) is 50.2 Å². The molecule has 9 nitrogen and oxygen atoms in total. The van der Waals surface area contributed by atoms with Gasteiger partial charge in [0.15, 0.2) is 0 Å². The molecule has 1 saturated heterocycles. The van der Waals surface area contributed by atoms with Crippen molar-refractivity contribution >= 4 is 21.8 Å². The van der Waals surface area contributed by atoms with Crippen LogP contribution in [-0.2, 0) is 14.8 Å². The molecule has 3 rings (SSSR count). The molecule has 0 radical (unpaired) electrons. The smallest absolute Gasteiger partial charge is 0.273 e. The quantitative estimate of drug-likeness (QED) is 0.624. The normalized spacial score (nSPS) is 19.8. The minimum Gasteiger partial charge on any atom is -0.507 e. The van der Waals surface area contributed by atoms with Crippen LogP contribution in [0.4, 0.5) is 0 Å². The molecule has 0 spiro atoms. The maximum atomic E-state index is 12.9. The van der Waals surface area contributed by atoms with Crippen molar-refractivity contribution in [2.75, 3.05) is 13.1 Å². The number of carbonyl (C=O) groups excluding carboxylic acids is 2. The molecule has 2 aromatic carbocycles. The average molecular weight is 433 g/mol. The number of carbonyl (C=O) groups is 2. The summed E-state index contributed by atoms with van der Waals surface area (Å²) in [6.45, 7) is 4.14. The Bertz CT molecular complexity index is 1030. The van der Waals surface area contributed by atoms with Gasteiger partial charge in [0, 0.05) is 18.7 Å². The van der Waals surface area contributed by atoms with Gasteiger partial charge in [-0.15, -0.1) is 0 Å². The number of ether oxygens (including phenoxy) is 1. The van der Waals surface area contributed by atoms with Crippen LogP contribution in [0.3, 0.4) is 0 Å². The van der Waals surface area contributed by atoms with E-state index >= 15 is 0 Å². The fourth-order valence-corrected chi connectivity index (χ4v) is 4.76. The first kappa shape index (κ1) is 21.8. The van der Waals surface area contributed by atoms with Crippen molar-refractivity contribution in [2.24, 2.45) is 0 Å². The first-order valence-electron chi connectivity index (χ1n) is 9.33. The molecule has 1 aliphatic heterocycles. The highest BCUT2D eigenvalue weighted by Gasteiger charge is 2.32. The molecule has 2 amide bonds. The number of hydrogen-bond acceptors (Lipinski definition) is 6. The third-order valence-corrected chi connectivity index (χ3v) is 6.42. The van der Waals surface area contributed by atoms with Gasteiger partial charge in [-0.3, -0.25) is 20.4 Å². The number of nitrogens with one attached hydrogen (secondary N) is 2. The largest absolute Gasteiger partial charge is 0.507 e. The number of benzene rings is 2. The number of nitrogens with zero attached hydrogens (tertiary/aromatic N) is 1. The number of amides is 2. The highest BCUT2D eigenvalue weighted by Crippen LogP contribution is 2.21. The van der Waals surface area contributed by atoms with Crippen LogP contribution in [0, 0.1) is 0 Å². The van der Waals surface area contributed by atoms with Gasteiger partial charge in [-0.1, -0.05) is 12.1 Å². The Morgan fingerprint density at radius 1 is 0.967 bits per heavy atom. The van der Waals surface area contributed by atoms with E-state index in [0.29, 0.717) is 0 Å². The van der Waals surface area contributed by atoms with Gasteiger partial charge < -0.3 is 9.84 Å². The van der Waals surface area contributed by atoms with Gasteiger partial charge in [-0.2, -0.15) is 4.31 Å². The molecule has 0 bridgehead atoms. The summed E-state index contributed by atoms with van der Waals surface area (Å²) < 4.78 is 32.6. The number of rotatable bonds is 4. The second-order valence-corrected chi connectivity index (χ2v) is 8.97. The fraction of sp³-hybridized carbons (Fsp3) is 0.300. The molecule has 2 atom stereocenters. The Labute approximate surface area is 174 Å². The highest BCUT2D eigenvalue weighted by atomic mass is 32.2. The molecule has 0 aromatic heterocycles. The number of phenols is 1. The maximum Gasteiger partial charge on any atom is 0.273 e. The van der Waals surface area contributed by atoms with Crippen LogP contribution >= 0.6 is 0 Å². The number of hydrogen-bond donors (Lipinski definition) is 3. The van der Waals surface area contributed by atoms with Crippen molar-refractivity contribution in [3.63, 3.8) is 0 Å². The minimum atomic E-state index is -3.71. The molecule has 10 heteroatoms. The van der Waals surface area contributed by atoms with Crippen LogP contribution in [0.5, 0.6) is 5.75 Å². The summed E-state index contributed by atoms with van der Waals surface area (Å²) in [4.78, 5) is 24.4. The monoisotopic (exact) mass is 433 g/mol. The van der Waals surface area contributed by atoms with Crippen LogP contribution in [0.25, 0.3) is 0 Å². The van der Waals surface area contributed by atoms with Crippen molar-refractivity contribution in [3.8, 4) is 5.75 Å². The standard InChI is InChI=1S/C20H23N3O6S/c1-13-11-23(12-14(2)29-13)30(27,28)16-9-7-15(8-10-16)19(25)21-22-20(26)17-5-3-4-6-18(17)24/h3-10,13-14,24H,11-12H2,1-2H3,(H,21,25)(H,22,26)/t13-,14-/m0/s1. The number of morpholine rings is 1. The predicted molar refractivity (Wildman–Crippen MR) is 108 cm³/mol. The number of hydrazine groups is 1. The second-order valence-electron chi connectivity index (χ2n) is 7.03. The molecule has 0 unspecified atom stereocenters. The van der Waals surface area contributed by atoms with Crippen molar-refractivity contribution in [2.45, 2.75) is 31.0 Å². The molecule has 3 N–H and O–H groups in total. The van der Waals surface area contributed by atoms with Gasteiger partial charge in [-0.25, -0.2) is 8.42 Å². The summed E-state index contributed by atoms with van der Waals surface area (Å²) in [6, 6.07) is 11.3. The lowest BCUT2D eigenvalue weighted by atomic mass is 10.2. The molecule has 1 aliphatic rings. The van der Waals surface area contributed by atoms with E-state index in [1.807, 2.05) is 13.8 Å². The molecular weight excluding hydrogens is 410 g/mol. The molecule has 1 heterocycles. The summed E-state index contributed by atoms with van der Waals surface area (Å²) >= 11 is 0. The molecule has 30 heavy (non-hydrogen) atoms. The summed E-state index contributed by atoms with van der Waals surface area (Å²) in [5, 5.41) is 9.67. The molecule has 160 valence electrons. The summed E-state index contributed by atoms with van der Waals surface area (Å²) in [6.07, 6.45) is -0.414. The number of aromatic hydroxyl groups is 1. The second kappa shape index (κ2) is 8.82. The van der Waals surface area contributed by atoms with E-state index in [4.69, 9.17) is 4.74 Å². The van der Waals surface area contributed by atoms with Crippen molar-refractivity contribution in [1.82, 2.24) is 15.2 Å². The van der Waals surface area contributed by atoms with E-state index < -0.39 is 21.8 Å². The zero-order chi connectivity index (χ0) is 21.9. The first-order chi connectivity index (χ1) is 14.2. The predicted octanol–water partition coefficient (Wildman–Crippen LogP) is 1.26. The van der Waals surface area contributed by atoms with E-state index in [9.17, 15) is 23.1 Å². The molecule has 0 aliphatic carbocycles. The van der Waals surface area contributed by atoms with Crippen LogP contribution in [0.2, 0.25) is 0 Å². The van der Waals surface area contributed by atoms with E-state index in [1.54, 1.807) is 12.1 Å². The Balaban J connectivity index is 1.65. The van der Waals surface area contributed by atoms with Crippen LogP contribution in [-0.4, -0.2) is 54.9 Å². The zero-order valence-electron chi connectivity index (χ0n) is 16.5. The summed E-state index contributed by atoms with van der Waals surface area (Å²) in [5.41, 5.74) is 4.61. The Kier molecular flexibility index (Phi) is 6.40. The van der Waals surface area contributed by atoms with Crippen molar-refractivity contribution in [3.05, 3.63) is 59.7 Å². The topological polar surface area (TPSA) is 125 Å². The first-order valence-corrected chi connectivity index (χ1v) is 10.8. The van der Waals surface area contributed by atoms with Crippen LogP contribution < -0.4 is 10.9 Å². The summed E-state index contributed by atoms with van der Waals surface area (Å²) in [5.74, 6) is -1.53. The SMILES string of the molecule is C[C@H]1CN(S(=O)(=O)c2ccc(C(=O)NNC(=O)c3ccccc3O)cc2)C[C@H](C)O1. The fourth-order valence-electron chi connectivity index (χ4n) is 3.17. The van der Waals surface area contributed by atoms with E-state index in [2.05, 4.69) is 10.9 Å². The van der Waals surface area contributed by atoms with Gasteiger partial charge in [0.25, 0.3) is 11.8 Å². The van der Waals surface area contributed by atoms with Crippen LogP contribution in [0.15, 0.2) is 53.4 Å². The highest BCUT2D eigenvalue weighted by molar-refractivity contribution is 7.89. The van der Waals surface area contributed by atoms with E-state index in [-0.39, 0.29) is 47.1 Å². The lowest BCUT2D eigenvalue weighted by Crippen LogP contribution is -2.48. The Morgan fingerprint density at radius 3 is 2.13 bits per heavy atom. The molecule has 0 saturated carbocycles. The van der Waals surface area contributed by atoms with Gasteiger partial charge in [0.1, 0.15) is 5.75 Å². The lowest BCUT2D eigenvalue weighted by Gasteiger charge is -2.34.